The van der Waals surface area contributed by atoms with Crippen molar-refractivity contribution in [3.63, 3.8) is 0 Å². The Kier molecular flexibility index (Phi) is 6.24. The van der Waals surface area contributed by atoms with Crippen molar-refractivity contribution in [2.24, 2.45) is 5.41 Å². The zero-order chi connectivity index (χ0) is 25.4. The van der Waals surface area contributed by atoms with Gasteiger partial charge >= 0.3 is 0 Å². The summed E-state index contributed by atoms with van der Waals surface area (Å²) >= 11 is 0. The molecule has 2 saturated heterocycles. The highest BCUT2D eigenvalue weighted by molar-refractivity contribution is 5.97. The second-order valence-electron chi connectivity index (χ2n) is 9.39. The number of hydrogen-bond acceptors (Lipinski definition) is 4. The Morgan fingerprint density at radius 3 is 2.44 bits per heavy atom. The summed E-state index contributed by atoms with van der Waals surface area (Å²) in [4.78, 5) is 29.2. The topological polar surface area (TPSA) is 63.0 Å². The third-order valence-electron chi connectivity index (χ3n) is 7.27. The molecule has 0 atom stereocenters. The Hall–Kier alpha value is -3.75. The molecule has 3 aromatic rings. The minimum atomic E-state index is -1.56. The molecule has 0 radical (unpaired) electrons. The summed E-state index contributed by atoms with van der Waals surface area (Å²) in [6.45, 7) is 2.16. The van der Waals surface area contributed by atoms with Crippen molar-refractivity contribution >= 4 is 28.9 Å². The lowest BCUT2D eigenvalue weighted by Gasteiger charge is -2.38. The average Bonchev–Trinajstić information content (AvgIpc) is 3.51. The second-order valence-corrected chi connectivity index (χ2v) is 9.39. The number of ether oxygens (including phenoxy) is 1. The van der Waals surface area contributed by atoms with Gasteiger partial charge < -0.3 is 19.0 Å². The number of methoxy groups -OCH3 is 1. The molecule has 6 nitrogen and oxygen atoms in total. The van der Waals surface area contributed by atoms with Gasteiger partial charge in [-0.3, -0.25) is 9.59 Å². The van der Waals surface area contributed by atoms with Crippen molar-refractivity contribution in [2.45, 2.75) is 19.3 Å². The van der Waals surface area contributed by atoms with Gasteiger partial charge in [-0.05, 0) is 55.0 Å². The molecule has 2 aromatic carbocycles. The van der Waals surface area contributed by atoms with Crippen LogP contribution in [0.5, 0.6) is 5.75 Å². The van der Waals surface area contributed by atoms with Crippen LogP contribution in [0.4, 0.5) is 13.2 Å². The van der Waals surface area contributed by atoms with Crippen LogP contribution in [-0.4, -0.2) is 54.9 Å². The predicted molar refractivity (Wildman–Crippen MR) is 127 cm³/mol. The summed E-state index contributed by atoms with van der Waals surface area (Å²) in [5, 5.41) is 0.799. The fourth-order valence-electron chi connectivity index (χ4n) is 5.11. The first-order valence-electron chi connectivity index (χ1n) is 11.8. The molecular weight excluding hydrogens is 473 g/mol. The lowest BCUT2D eigenvalue weighted by molar-refractivity contribution is -0.125. The lowest BCUT2D eigenvalue weighted by Crippen LogP contribution is -2.44. The predicted octanol–water partition coefficient (Wildman–Crippen LogP) is 5.03. The zero-order valence-corrected chi connectivity index (χ0v) is 19.7. The van der Waals surface area contributed by atoms with Gasteiger partial charge in [-0.1, -0.05) is 12.1 Å². The van der Waals surface area contributed by atoms with Crippen molar-refractivity contribution in [3.05, 3.63) is 71.2 Å². The van der Waals surface area contributed by atoms with E-state index in [9.17, 15) is 22.8 Å². The van der Waals surface area contributed by atoms with Gasteiger partial charge in [0.25, 0.3) is 5.91 Å². The molecule has 3 heterocycles. The van der Waals surface area contributed by atoms with Gasteiger partial charge in [0, 0.05) is 43.2 Å². The Morgan fingerprint density at radius 1 is 1.00 bits per heavy atom. The highest BCUT2D eigenvalue weighted by Gasteiger charge is 2.42. The number of carbonyl (C=O) groups is 2. The standard InChI is InChI=1S/C27H25F3N2O4/c1-35-20-4-2-3-18-15-21(36-25(18)20)26(34)31-12-9-27(10-13-31)11-14-32(16-27)22(33)8-6-17-5-7-19(28)24(30)23(17)29/h2-8,15H,9-14,16H2,1H3. The molecule has 0 aliphatic carbocycles. The van der Waals surface area contributed by atoms with E-state index < -0.39 is 17.5 Å². The number of amides is 2. The molecular formula is C27H25F3N2O4. The minimum Gasteiger partial charge on any atom is -0.493 e. The zero-order valence-electron chi connectivity index (χ0n) is 19.7. The molecule has 1 spiro atoms. The normalized spacial score (nSPS) is 17.4. The van der Waals surface area contributed by atoms with Crippen molar-refractivity contribution < 1.29 is 31.9 Å². The van der Waals surface area contributed by atoms with E-state index >= 15 is 0 Å². The third kappa shape index (κ3) is 4.34. The van der Waals surface area contributed by atoms with Crippen molar-refractivity contribution in [3.8, 4) is 5.75 Å². The smallest absolute Gasteiger partial charge is 0.289 e. The van der Waals surface area contributed by atoms with Gasteiger partial charge in [-0.15, -0.1) is 0 Å². The van der Waals surface area contributed by atoms with Gasteiger partial charge in [0.05, 0.1) is 7.11 Å². The second kappa shape index (κ2) is 9.37. The summed E-state index contributed by atoms with van der Waals surface area (Å²) in [6.07, 6.45) is 4.63. The molecule has 36 heavy (non-hydrogen) atoms. The number of halogens is 3. The SMILES string of the molecule is COc1cccc2cc(C(=O)N3CCC4(CCN(C(=O)C=Cc5ccc(F)c(F)c5F)C4)CC3)oc12. The first-order valence-corrected chi connectivity index (χ1v) is 11.8. The highest BCUT2D eigenvalue weighted by Crippen LogP contribution is 2.41. The maximum atomic E-state index is 13.9. The van der Waals surface area contributed by atoms with E-state index in [-0.39, 0.29) is 28.6 Å². The highest BCUT2D eigenvalue weighted by atomic mass is 19.2. The number of likely N-dealkylation sites (tertiary alicyclic amines) is 2. The van der Waals surface area contributed by atoms with E-state index in [1.165, 1.54) is 6.08 Å². The maximum absolute atomic E-state index is 13.9. The van der Waals surface area contributed by atoms with E-state index in [0.29, 0.717) is 37.5 Å². The molecule has 0 saturated carbocycles. The van der Waals surface area contributed by atoms with Gasteiger partial charge in [-0.2, -0.15) is 0 Å². The summed E-state index contributed by atoms with van der Waals surface area (Å²) in [7, 11) is 1.55. The van der Waals surface area contributed by atoms with Crippen LogP contribution < -0.4 is 4.74 Å². The summed E-state index contributed by atoms with van der Waals surface area (Å²) in [5.41, 5.74) is 0.259. The van der Waals surface area contributed by atoms with Gasteiger partial charge in [0.1, 0.15) is 0 Å². The number of carbonyl (C=O) groups excluding carboxylic acids is 2. The van der Waals surface area contributed by atoms with Crippen LogP contribution in [0.25, 0.3) is 17.0 Å². The molecule has 0 N–H and O–H groups in total. The van der Waals surface area contributed by atoms with Gasteiger partial charge in [0.2, 0.25) is 5.91 Å². The lowest BCUT2D eigenvalue weighted by atomic mass is 9.77. The van der Waals surface area contributed by atoms with Crippen LogP contribution in [0.2, 0.25) is 0 Å². The van der Waals surface area contributed by atoms with E-state index in [1.807, 2.05) is 12.1 Å². The van der Waals surface area contributed by atoms with Crippen LogP contribution in [0.15, 0.2) is 46.9 Å². The molecule has 2 aliphatic rings. The number of piperidine rings is 1. The number of furan rings is 1. The first-order chi connectivity index (χ1) is 17.3. The van der Waals surface area contributed by atoms with E-state index in [1.54, 1.807) is 29.0 Å². The molecule has 0 bridgehead atoms. The molecule has 2 aliphatic heterocycles. The van der Waals surface area contributed by atoms with E-state index in [4.69, 9.17) is 9.15 Å². The monoisotopic (exact) mass is 498 g/mol. The van der Waals surface area contributed by atoms with Crippen LogP contribution in [0.1, 0.15) is 35.4 Å². The summed E-state index contributed by atoms with van der Waals surface area (Å²) in [5.74, 6) is -3.81. The first kappa shape index (κ1) is 24.0. The van der Waals surface area contributed by atoms with E-state index in [2.05, 4.69) is 0 Å². The Labute approximate surface area is 205 Å². The van der Waals surface area contributed by atoms with Crippen molar-refractivity contribution in [1.82, 2.24) is 9.80 Å². The number of para-hydroxylation sites is 1. The summed E-state index contributed by atoms with van der Waals surface area (Å²) in [6, 6.07) is 9.12. The van der Waals surface area contributed by atoms with Crippen molar-refractivity contribution in [1.29, 1.82) is 0 Å². The molecule has 2 fully saturated rings. The Balaban J connectivity index is 1.20. The molecule has 0 unspecified atom stereocenters. The van der Waals surface area contributed by atoms with Crippen LogP contribution >= 0.6 is 0 Å². The number of nitrogens with zero attached hydrogens (tertiary/aromatic N) is 2. The Bertz CT molecular complexity index is 1360. The van der Waals surface area contributed by atoms with Crippen molar-refractivity contribution in [2.75, 3.05) is 33.3 Å². The number of rotatable bonds is 4. The molecule has 5 rings (SSSR count). The fourth-order valence-corrected chi connectivity index (χ4v) is 5.11. The van der Waals surface area contributed by atoms with Gasteiger partial charge in [0.15, 0.2) is 34.5 Å². The van der Waals surface area contributed by atoms with Crippen LogP contribution in [-0.2, 0) is 4.79 Å². The number of benzene rings is 2. The average molecular weight is 499 g/mol. The Morgan fingerprint density at radius 2 is 1.72 bits per heavy atom. The van der Waals surface area contributed by atoms with Crippen LogP contribution in [0, 0.1) is 22.9 Å². The molecule has 9 heteroatoms. The number of hydrogen-bond donors (Lipinski definition) is 0. The third-order valence-corrected chi connectivity index (χ3v) is 7.27. The fraction of sp³-hybridized carbons (Fsp3) is 0.333. The maximum Gasteiger partial charge on any atom is 0.289 e. The summed E-state index contributed by atoms with van der Waals surface area (Å²) < 4.78 is 51.5. The molecule has 2 amide bonds. The molecule has 1 aromatic heterocycles. The minimum absolute atomic E-state index is 0.0926. The molecule has 188 valence electrons. The van der Waals surface area contributed by atoms with E-state index in [0.717, 1.165) is 42.9 Å². The van der Waals surface area contributed by atoms with Gasteiger partial charge in [-0.25, -0.2) is 13.2 Å². The van der Waals surface area contributed by atoms with Crippen LogP contribution in [0.3, 0.4) is 0 Å². The quantitative estimate of drug-likeness (QED) is 0.374. The largest absolute Gasteiger partial charge is 0.493 e. The number of fused-ring (bicyclic) bond motifs is 1.